The Hall–Kier alpha value is -2.61. The lowest BCUT2D eigenvalue weighted by atomic mass is 10.1. The highest BCUT2D eigenvalue weighted by Crippen LogP contribution is 2.27. The summed E-state index contributed by atoms with van der Waals surface area (Å²) < 4.78 is 5.09. The van der Waals surface area contributed by atoms with Crippen molar-refractivity contribution in [2.24, 2.45) is 5.73 Å². The molecule has 8 heteroatoms. The van der Waals surface area contributed by atoms with Crippen molar-refractivity contribution in [1.82, 2.24) is 15.5 Å². The van der Waals surface area contributed by atoms with Crippen molar-refractivity contribution in [3.8, 4) is 5.75 Å². The van der Waals surface area contributed by atoms with Crippen LogP contribution in [0.4, 0.5) is 4.79 Å². The number of urea groups is 1. The Morgan fingerprint density at radius 2 is 2.14 bits per heavy atom. The summed E-state index contributed by atoms with van der Waals surface area (Å²) in [5, 5.41) is 4.40. The molecule has 2 aliphatic rings. The fourth-order valence-corrected chi connectivity index (χ4v) is 2.51. The van der Waals surface area contributed by atoms with Crippen molar-refractivity contribution in [2.45, 2.75) is 12.2 Å². The molecule has 4 N–H and O–H groups in total. The van der Waals surface area contributed by atoms with Gasteiger partial charge in [0.1, 0.15) is 5.75 Å². The van der Waals surface area contributed by atoms with Crippen molar-refractivity contribution in [3.63, 3.8) is 0 Å². The minimum absolute atomic E-state index is 0.0968. The van der Waals surface area contributed by atoms with Crippen LogP contribution < -0.4 is 21.1 Å². The Bertz CT molecular complexity index is 660. The van der Waals surface area contributed by atoms with Crippen molar-refractivity contribution >= 4 is 17.8 Å². The smallest absolute Gasteiger partial charge is 0.323 e. The molecule has 0 saturated carbocycles. The Balaban J connectivity index is 1.82. The predicted octanol–water partition coefficient (Wildman–Crippen LogP) is -0.855. The third-order valence-corrected chi connectivity index (χ3v) is 3.60. The van der Waals surface area contributed by atoms with Crippen LogP contribution in [-0.2, 0) is 11.3 Å². The largest absolute Gasteiger partial charge is 0.497 e. The van der Waals surface area contributed by atoms with Gasteiger partial charge >= 0.3 is 6.03 Å². The van der Waals surface area contributed by atoms with E-state index in [0.29, 0.717) is 17.9 Å². The van der Waals surface area contributed by atoms with Gasteiger partial charge in [-0.2, -0.15) is 0 Å². The van der Waals surface area contributed by atoms with E-state index in [9.17, 15) is 14.4 Å². The van der Waals surface area contributed by atoms with Gasteiger partial charge < -0.3 is 15.0 Å². The van der Waals surface area contributed by atoms with Crippen LogP contribution >= 0.6 is 0 Å². The molecular formula is C13H14N4O4. The quantitative estimate of drug-likeness (QED) is 0.627. The van der Waals surface area contributed by atoms with Crippen molar-refractivity contribution in [1.29, 1.82) is 0 Å². The van der Waals surface area contributed by atoms with Crippen LogP contribution in [0.5, 0.6) is 5.75 Å². The number of methoxy groups -OCH3 is 1. The van der Waals surface area contributed by atoms with E-state index in [1.54, 1.807) is 18.2 Å². The first kappa shape index (κ1) is 13.4. The molecule has 1 aromatic rings. The summed E-state index contributed by atoms with van der Waals surface area (Å²) in [5.41, 5.74) is 5.61. The summed E-state index contributed by atoms with van der Waals surface area (Å²) in [6.07, 6.45) is 0. The minimum Gasteiger partial charge on any atom is -0.497 e. The average Bonchev–Trinajstić information content (AvgIpc) is 2.87. The minimum atomic E-state index is -1.60. The monoisotopic (exact) mass is 290 g/mol. The number of nitrogens with zero attached hydrogens (tertiary/aromatic N) is 1. The highest BCUT2D eigenvalue weighted by molar-refractivity contribution is 6.07. The van der Waals surface area contributed by atoms with E-state index in [1.165, 1.54) is 12.0 Å². The van der Waals surface area contributed by atoms with Gasteiger partial charge in [0, 0.05) is 12.1 Å². The van der Waals surface area contributed by atoms with Gasteiger partial charge in [-0.15, -0.1) is 0 Å². The van der Waals surface area contributed by atoms with E-state index in [4.69, 9.17) is 10.5 Å². The lowest BCUT2D eigenvalue weighted by Crippen LogP contribution is -2.62. The molecule has 110 valence electrons. The van der Waals surface area contributed by atoms with Gasteiger partial charge in [-0.25, -0.2) is 4.79 Å². The molecule has 1 saturated heterocycles. The van der Waals surface area contributed by atoms with Gasteiger partial charge in [0.25, 0.3) is 11.8 Å². The van der Waals surface area contributed by atoms with Crippen LogP contribution in [0.3, 0.4) is 0 Å². The Morgan fingerprint density at radius 1 is 1.38 bits per heavy atom. The molecule has 1 fully saturated rings. The number of hydrogen-bond donors (Lipinski definition) is 3. The lowest BCUT2D eigenvalue weighted by molar-refractivity contribution is -0.124. The van der Waals surface area contributed by atoms with E-state index in [-0.39, 0.29) is 12.5 Å². The number of hydrogen-bond acceptors (Lipinski definition) is 5. The Morgan fingerprint density at radius 3 is 2.76 bits per heavy atom. The van der Waals surface area contributed by atoms with Crippen LogP contribution in [0.25, 0.3) is 0 Å². The summed E-state index contributed by atoms with van der Waals surface area (Å²) in [7, 11) is 1.52. The maximum atomic E-state index is 12.4. The molecule has 0 aromatic heterocycles. The summed E-state index contributed by atoms with van der Waals surface area (Å²) >= 11 is 0. The van der Waals surface area contributed by atoms with E-state index >= 15 is 0 Å². The molecule has 0 unspecified atom stereocenters. The second-order valence-electron chi connectivity index (χ2n) is 5.06. The zero-order valence-corrected chi connectivity index (χ0v) is 11.3. The molecule has 8 nitrogen and oxygen atoms in total. The molecule has 0 aliphatic carbocycles. The number of amides is 4. The number of carbonyl (C=O) groups is 3. The van der Waals surface area contributed by atoms with Gasteiger partial charge in [-0.1, -0.05) is 6.07 Å². The molecule has 4 amide bonds. The molecule has 1 atom stereocenters. The number of carbonyl (C=O) groups excluding carboxylic acids is 3. The number of benzene rings is 1. The highest BCUT2D eigenvalue weighted by Gasteiger charge is 2.46. The van der Waals surface area contributed by atoms with Gasteiger partial charge in [0.2, 0.25) is 0 Å². The standard InChI is InChI=1S/C13H14N4O4/c1-21-8-3-2-7-5-17(10(18)9(7)4-8)6-13(14)11(19)15-12(20)16-13/h2-4H,5-6,14H2,1H3,(H2,15,16,19,20)/t13-/m1/s1. The van der Waals surface area contributed by atoms with Gasteiger partial charge in [-0.05, 0) is 17.7 Å². The van der Waals surface area contributed by atoms with E-state index in [1.807, 2.05) is 0 Å². The van der Waals surface area contributed by atoms with Gasteiger partial charge in [0.15, 0.2) is 5.66 Å². The maximum absolute atomic E-state index is 12.4. The summed E-state index contributed by atoms with van der Waals surface area (Å²) in [5.74, 6) is -0.310. The summed E-state index contributed by atoms with van der Waals surface area (Å²) in [6, 6.07) is 4.54. The Labute approximate surface area is 120 Å². The molecule has 0 radical (unpaired) electrons. The maximum Gasteiger partial charge on any atom is 0.323 e. The number of rotatable bonds is 3. The first-order chi connectivity index (χ1) is 9.93. The Kier molecular flexibility index (Phi) is 2.84. The molecular weight excluding hydrogens is 276 g/mol. The predicted molar refractivity (Wildman–Crippen MR) is 71.3 cm³/mol. The van der Waals surface area contributed by atoms with Crippen LogP contribution in [0.1, 0.15) is 15.9 Å². The number of ether oxygens (including phenoxy) is 1. The average molecular weight is 290 g/mol. The van der Waals surface area contributed by atoms with Crippen LogP contribution in [0.2, 0.25) is 0 Å². The molecule has 0 spiro atoms. The number of nitrogens with one attached hydrogen (secondary N) is 2. The second kappa shape index (κ2) is 4.45. The topological polar surface area (TPSA) is 114 Å². The third-order valence-electron chi connectivity index (χ3n) is 3.60. The third kappa shape index (κ3) is 2.09. The second-order valence-corrected chi connectivity index (χ2v) is 5.06. The first-order valence-electron chi connectivity index (χ1n) is 6.31. The normalized spacial score (nSPS) is 23.9. The van der Waals surface area contributed by atoms with Gasteiger partial charge in [0.05, 0.1) is 13.7 Å². The molecule has 0 bridgehead atoms. The summed E-state index contributed by atoms with van der Waals surface area (Å²) in [6.45, 7) is 0.237. The molecule has 2 aliphatic heterocycles. The van der Waals surface area contributed by atoms with Crippen molar-refractivity contribution < 1.29 is 19.1 Å². The van der Waals surface area contributed by atoms with Crippen LogP contribution in [0.15, 0.2) is 18.2 Å². The molecule has 21 heavy (non-hydrogen) atoms. The zero-order valence-electron chi connectivity index (χ0n) is 11.3. The van der Waals surface area contributed by atoms with Gasteiger partial charge in [-0.3, -0.25) is 20.6 Å². The molecule has 1 aromatic carbocycles. The fourth-order valence-electron chi connectivity index (χ4n) is 2.51. The van der Waals surface area contributed by atoms with E-state index in [0.717, 1.165) is 5.56 Å². The van der Waals surface area contributed by atoms with E-state index in [2.05, 4.69) is 10.6 Å². The number of imide groups is 1. The van der Waals surface area contributed by atoms with Crippen LogP contribution in [0, 0.1) is 0 Å². The highest BCUT2D eigenvalue weighted by atomic mass is 16.5. The number of nitrogens with two attached hydrogens (primary N) is 1. The summed E-state index contributed by atoms with van der Waals surface area (Å²) in [4.78, 5) is 36.7. The molecule has 3 rings (SSSR count). The zero-order chi connectivity index (χ0) is 15.2. The van der Waals surface area contributed by atoms with Crippen molar-refractivity contribution in [3.05, 3.63) is 29.3 Å². The van der Waals surface area contributed by atoms with Crippen LogP contribution in [-0.4, -0.2) is 42.1 Å². The van der Waals surface area contributed by atoms with Crippen molar-refractivity contribution in [2.75, 3.05) is 13.7 Å². The first-order valence-corrected chi connectivity index (χ1v) is 6.31. The molecule has 2 heterocycles. The number of fused-ring (bicyclic) bond motifs is 1. The fraction of sp³-hybridized carbons (Fsp3) is 0.308. The lowest BCUT2D eigenvalue weighted by Gasteiger charge is -2.26. The SMILES string of the molecule is COc1ccc2c(c1)C(=O)N(C[C@@]1(N)NC(=O)NC1=O)C2. The van der Waals surface area contributed by atoms with E-state index < -0.39 is 17.6 Å².